The first-order valence-electron chi connectivity index (χ1n) is 4.99. The minimum atomic E-state index is -0.558. The van der Waals surface area contributed by atoms with Gasteiger partial charge >= 0.3 is 0 Å². The van der Waals surface area contributed by atoms with Crippen molar-refractivity contribution < 1.29 is 9.50 Å². The minimum Gasteiger partial charge on any atom is -0.386 e. The molecule has 0 aliphatic heterocycles. The molecule has 4 heteroatoms. The second-order valence-electron chi connectivity index (χ2n) is 3.64. The van der Waals surface area contributed by atoms with Crippen LogP contribution in [0.1, 0.15) is 22.9 Å². The number of nitrogens with zero attached hydrogens (tertiary/aromatic N) is 1. The van der Waals surface area contributed by atoms with E-state index in [1.54, 1.807) is 19.1 Å². The first-order valence-corrected chi connectivity index (χ1v) is 5.81. The molecule has 0 radical (unpaired) electrons. The van der Waals surface area contributed by atoms with Crippen molar-refractivity contribution >= 4 is 11.3 Å². The third kappa shape index (κ3) is 2.13. The highest BCUT2D eigenvalue weighted by Crippen LogP contribution is 2.30. The molecule has 0 aliphatic rings. The number of halogens is 1. The Kier molecular flexibility index (Phi) is 3.03. The van der Waals surface area contributed by atoms with Gasteiger partial charge in [0.25, 0.3) is 0 Å². The molecule has 16 heavy (non-hydrogen) atoms. The van der Waals surface area contributed by atoms with E-state index >= 15 is 0 Å². The summed E-state index contributed by atoms with van der Waals surface area (Å²) >= 11 is 1.47. The number of aliphatic hydroxyl groups excluding tert-OH is 1. The summed E-state index contributed by atoms with van der Waals surface area (Å²) < 4.78 is 12.8. The van der Waals surface area contributed by atoms with Gasteiger partial charge in [0.1, 0.15) is 16.9 Å². The zero-order chi connectivity index (χ0) is 11.7. The molecule has 0 saturated heterocycles. The van der Waals surface area contributed by atoms with E-state index in [0.717, 1.165) is 16.1 Å². The number of hydrogen-bond acceptors (Lipinski definition) is 3. The molecule has 2 rings (SSSR count). The Labute approximate surface area is 97.4 Å². The molecule has 1 N–H and O–H groups in total. The molecule has 0 spiro atoms. The van der Waals surface area contributed by atoms with Crippen LogP contribution in [0.3, 0.4) is 0 Å². The lowest BCUT2D eigenvalue weighted by molar-refractivity contribution is 0.199. The molecule has 1 aromatic carbocycles. The SMILES string of the molecule is Cc1sc(C(C)O)nc1-c1ccc(F)cc1. The maximum atomic E-state index is 12.8. The Morgan fingerprint density at radius 3 is 2.44 bits per heavy atom. The fourth-order valence-electron chi connectivity index (χ4n) is 1.47. The fraction of sp³-hybridized carbons (Fsp3) is 0.250. The number of aryl methyl sites for hydroxylation is 1. The third-order valence-electron chi connectivity index (χ3n) is 2.29. The van der Waals surface area contributed by atoms with E-state index in [1.807, 2.05) is 6.92 Å². The average Bonchev–Trinajstić information content (AvgIpc) is 2.62. The van der Waals surface area contributed by atoms with E-state index in [0.29, 0.717) is 5.01 Å². The molecule has 0 fully saturated rings. The van der Waals surface area contributed by atoms with Crippen LogP contribution in [0.5, 0.6) is 0 Å². The van der Waals surface area contributed by atoms with Gasteiger partial charge in [-0.1, -0.05) is 0 Å². The van der Waals surface area contributed by atoms with E-state index < -0.39 is 6.10 Å². The van der Waals surface area contributed by atoms with Crippen molar-refractivity contribution in [2.24, 2.45) is 0 Å². The van der Waals surface area contributed by atoms with Crippen molar-refractivity contribution in [3.05, 3.63) is 40.0 Å². The Balaban J connectivity index is 2.44. The van der Waals surface area contributed by atoms with E-state index in [9.17, 15) is 9.50 Å². The van der Waals surface area contributed by atoms with Gasteiger partial charge in [-0.3, -0.25) is 0 Å². The normalized spacial score (nSPS) is 12.8. The molecule has 0 aliphatic carbocycles. The van der Waals surface area contributed by atoms with Crippen LogP contribution in [0, 0.1) is 12.7 Å². The van der Waals surface area contributed by atoms with Crippen LogP contribution in [0.4, 0.5) is 4.39 Å². The summed E-state index contributed by atoms with van der Waals surface area (Å²) in [6.45, 7) is 3.63. The lowest BCUT2D eigenvalue weighted by Crippen LogP contribution is -1.89. The second-order valence-corrected chi connectivity index (χ2v) is 4.87. The number of aliphatic hydroxyl groups is 1. The summed E-state index contributed by atoms with van der Waals surface area (Å²) in [4.78, 5) is 5.39. The van der Waals surface area contributed by atoms with Crippen LogP contribution in [0.2, 0.25) is 0 Å². The van der Waals surface area contributed by atoms with Crippen LogP contribution in [0.25, 0.3) is 11.3 Å². The van der Waals surface area contributed by atoms with Crippen molar-refractivity contribution in [1.29, 1.82) is 0 Å². The molecule has 2 nitrogen and oxygen atoms in total. The van der Waals surface area contributed by atoms with Gasteiger partial charge in [0, 0.05) is 10.4 Å². The first-order chi connectivity index (χ1) is 7.58. The maximum absolute atomic E-state index is 12.8. The number of benzene rings is 1. The van der Waals surface area contributed by atoms with Crippen molar-refractivity contribution in [3.8, 4) is 11.3 Å². The lowest BCUT2D eigenvalue weighted by Gasteiger charge is -1.98. The van der Waals surface area contributed by atoms with E-state index in [-0.39, 0.29) is 5.82 Å². The highest BCUT2D eigenvalue weighted by molar-refractivity contribution is 7.12. The van der Waals surface area contributed by atoms with Gasteiger partial charge in [-0.15, -0.1) is 11.3 Å². The topological polar surface area (TPSA) is 33.1 Å². The molecule has 0 saturated carbocycles. The number of thiazole rings is 1. The molecule has 2 aromatic rings. The van der Waals surface area contributed by atoms with Gasteiger partial charge in [0.05, 0.1) is 5.69 Å². The van der Waals surface area contributed by atoms with Crippen molar-refractivity contribution in [1.82, 2.24) is 4.98 Å². The number of aromatic nitrogens is 1. The summed E-state index contributed by atoms with van der Waals surface area (Å²) in [5, 5.41) is 10.1. The quantitative estimate of drug-likeness (QED) is 0.869. The predicted octanol–water partition coefficient (Wildman–Crippen LogP) is 3.31. The zero-order valence-electron chi connectivity index (χ0n) is 9.07. The van der Waals surface area contributed by atoms with Gasteiger partial charge in [0.15, 0.2) is 0 Å². The molecule has 1 aromatic heterocycles. The van der Waals surface area contributed by atoms with Crippen LogP contribution < -0.4 is 0 Å². The van der Waals surface area contributed by atoms with Gasteiger partial charge in [0.2, 0.25) is 0 Å². The Morgan fingerprint density at radius 2 is 1.94 bits per heavy atom. The molecule has 84 valence electrons. The van der Waals surface area contributed by atoms with Crippen LogP contribution in [-0.2, 0) is 0 Å². The maximum Gasteiger partial charge on any atom is 0.123 e. The summed E-state index contributed by atoms with van der Waals surface area (Å²) in [7, 11) is 0. The van der Waals surface area contributed by atoms with Crippen molar-refractivity contribution in [3.63, 3.8) is 0 Å². The van der Waals surface area contributed by atoms with Crippen molar-refractivity contribution in [2.45, 2.75) is 20.0 Å². The summed E-state index contributed by atoms with van der Waals surface area (Å²) in [6, 6.07) is 6.22. The summed E-state index contributed by atoms with van der Waals surface area (Å²) in [6.07, 6.45) is -0.558. The van der Waals surface area contributed by atoms with E-state index in [1.165, 1.54) is 23.5 Å². The van der Waals surface area contributed by atoms with Gasteiger partial charge in [-0.2, -0.15) is 0 Å². The standard InChI is InChI=1S/C12H12FNOS/c1-7(15)12-14-11(8(2)16-12)9-3-5-10(13)6-4-9/h3-7,15H,1-2H3. The zero-order valence-corrected chi connectivity index (χ0v) is 9.88. The summed E-state index contributed by atoms with van der Waals surface area (Å²) in [5.41, 5.74) is 1.70. The molecule has 1 atom stereocenters. The Bertz CT molecular complexity index is 490. The average molecular weight is 237 g/mol. The van der Waals surface area contributed by atoms with Crippen LogP contribution in [-0.4, -0.2) is 10.1 Å². The Morgan fingerprint density at radius 1 is 1.31 bits per heavy atom. The van der Waals surface area contributed by atoms with E-state index in [2.05, 4.69) is 4.98 Å². The smallest absolute Gasteiger partial charge is 0.123 e. The highest BCUT2D eigenvalue weighted by Gasteiger charge is 2.12. The Hall–Kier alpha value is -1.26. The monoisotopic (exact) mass is 237 g/mol. The molecule has 1 unspecified atom stereocenters. The molecule has 1 heterocycles. The second kappa shape index (κ2) is 4.31. The largest absolute Gasteiger partial charge is 0.386 e. The van der Waals surface area contributed by atoms with Gasteiger partial charge in [-0.05, 0) is 38.1 Å². The van der Waals surface area contributed by atoms with Crippen molar-refractivity contribution in [2.75, 3.05) is 0 Å². The van der Waals surface area contributed by atoms with Crippen LogP contribution >= 0.6 is 11.3 Å². The third-order valence-corrected chi connectivity index (χ3v) is 3.43. The highest BCUT2D eigenvalue weighted by atomic mass is 32.1. The molecular formula is C12H12FNOS. The summed E-state index contributed by atoms with van der Waals surface area (Å²) in [5.74, 6) is -0.257. The van der Waals surface area contributed by atoms with Crippen LogP contribution in [0.15, 0.2) is 24.3 Å². The lowest BCUT2D eigenvalue weighted by atomic mass is 10.1. The number of rotatable bonds is 2. The van der Waals surface area contributed by atoms with E-state index in [4.69, 9.17) is 0 Å². The number of hydrogen-bond donors (Lipinski definition) is 1. The predicted molar refractivity (Wildman–Crippen MR) is 62.9 cm³/mol. The van der Waals surface area contributed by atoms with Gasteiger partial charge < -0.3 is 5.11 Å². The first kappa shape index (κ1) is 11.2. The minimum absolute atomic E-state index is 0.257. The van der Waals surface area contributed by atoms with Gasteiger partial charge in [-0.25, -0.2) is 9.37 Å². The molecule has 0 amide bonds. The molecular weight excluding hydrogens is 225 g/mol. The molecule has 0 bridgehead atoms. The fourth-order valence-corrected chi connectivity index (χ4v) is 2.35.